The van der Waals surface area contributed by atoms with Gasteiger partial charge in [0.15, 0.2) is 0 Å². The van der Waals surface area contributed by atoms with Gasteiger partial charge in [0, 0.05) is 0 Å². The number of hydrogen-bond donors (Lipinski definition) is 1. The first-order valence-corrected chi connectivity index (χ1v) is 6.51. The predicted molar refractivity (Wildman–Crippen MR) is 74.5 cm³/mol. The van der Waals surface area contributed by atoms with E-state index >= 15 is 0 Å². The van der Waals surface area contributed by atoms with E-state index in [-0.39, 0.29) is 12.4 Å². The van der Waals surface area contributed by atoms with E-state index in [0.717, 1.165) is 6.54 Å². The van der Waals surface area contributed by atoms with Crippen LogP contribution in [0.5, 0.6) is 0 Å². The van der Waals surface area contributed by atoms with Gasteiger partial charge in [-0.25, -0.2) is 0 Å². The first-order valence-electron chi connectivity index (χ1n) is 6.51. The lowest BCUT2D eigenvalue weighted by molar-refractivity contribution is 0.324. The molecule has 0 bridgehead atoms. The molecule has 98 valence electrons. The molecule has 0 unspecified atom stereocenters. The molecule has 0 aromatic rings. The maximum absolute atomic E-state index is 3.53. The third kappa shape index (κ3) is 8.37. The minimum atomic E-state index is 0. The highest BCUT2D eigenvalue weighted by Gasteiger charge is 2.10. The van der Waals surface area contributed by atoms with Crippen LogP contribution in [0.3, 0.4) is 0 Å². The number of rotatable bonds is 6. The maximum atomic E-state index is 3.53. The van der Waals surface area contributed by atoms with Gasteiger partial charge in [-0.05, 0) is 63.8 Å². The van der Waals surface area contributed by atoms with E-state index in [9.17, 15) is 0 Å². The summed E-state index contributed by atoms with van der Waals surface area (Å²) in [5, 5.41) is 3.53. The van der Waals surface area contributed by atoms with E-state index < -0.39 is 0 Å². The van der Waals surface area contributed by atoms with Gasteiger partial charge in [0.05, 0.1) is 0 Å². The van der Waals surface area contributed by atoms with E-state index in [1.807, 2.05) is 0 Å². The molecule has 2 nitrogen and oxygen atoms in total. The highest BCUT2D eigenvalue weighted by Crippen LogP contribution is 2.10. The number of halogens is 1. The molecule has 0 aliphatic carbocycles. The molecule has 0 aromatic carbocycles. The zero-order valence-electron chi connectivity index (χ0n) is 11.2. The summed E-state index contributed by atoms with van der Waals surface area (Å²) in [4.78, 5) is 2.60. The Morgan fingerprint density at radius 2 is 1.69 bits per heavy atom. The largest absolute Gasteiger partial charge is 0.316 e. The number of unbranched alkanes of at least 4 members (excludes halogenated alkanes) is 1. The molecule has 1 heterocycles. The van der Waals surface area contributed by atoms with Crippen molar-refractivity contribution in [2.45, 2.75) is 46.5 Å². The van der Waals surface area contributed by atoms with E-state index in [1.165, 1.54) is 51.9 Å². The Bertz CT molecular complexity index is 160. The van der Waals surface area contributed by atoms with Crippen LogP contribution in [0, 0.1) is 5.41 Å². The van der Waals surface area contributed by atoms with Crippen molar-refractivity contribution in [2.75, 3.05) is 32.7 Å². The fourth-order valence-corrected chi connectivity index (χ4v) is 2.06. The summed E-state index contributed by atoms with van der Waals surface area (Å²) in [7, 11) is 0. The first-order chi connectivity index (χ1) is 7.08. The quantitative estimate of drug-likeness (QED) is 0.728. The molecule has 1 aliphatic rings. The Labute approximate surface area is 108 Å². The fraction of sp³-hybridized carbons (Fsp3) is 1.00. The van der Waals surface area contributed by atoms with Gasteiger partial charge in [0.2, 0.25) is 0 Å². The third-order valence-electron chi connectivity index (χ3n) is 2.93. The Morgan fingerprint density at radius 3 is 2.25 bits per heavy atom. The second kappa shape index (κ2) is 8.32. The zero-order valence-corrected chi connectivity index (χ0v) is 12.0. The van der Waals surface area contributed by atoms with Crippen molar-refractivity contribution in [3.63, 3.8) is 0 Å². The number of nitrogens with one attached hydrogen (secondary N) is 1. The molecule has 0 atom stereocenters. The second-order valence-corrected chi connectivity index (χ2v) is 5.99. The van der Waals surface area contributed by atoms with Gasteiger partial charge in [0.1, 0.15) is 0 Å². The SMILES string of the molecule is CC(C)(C)CNCCCCN1CCCC1.Cl. The lowest BCUT2D eigenvalue weighted by Gasteiger charge is -2.19. The van der Waals surface area contributed by atoms with Crippen LogP contribution in [0.1, 0.15) is 46.5 Å². The Balaban J connectivity index is 0.00000225. The molecule has 1 fully saturated rings. The summed E-state index contributed by atoms with van der Waals surface area (Å²) in [5.41, 5.74) is 0.426. The molecule has 1 rings (SSSR count). The van der Waals surface area contributed by atoms with Crippen molar-refractivity contribution in [2.24, 2.45) is 5.41 Å². The second-order valence-electron chi connectivity index (χ2n) is 5.99. The number of likely N-dealkylation sites (tertiary alicyclic amines) is 1. The summed E-state index contributed by atoms with van der Waals surface area (Å²) in [5.74, 6) is 0. The molecule has 1 aliphatic heterocycles. The maximum Gasteiger partial charge on any atom is -0.0000125 e. The average Bonchev–Trinajstić information content (AvgIpc) is 2.61. The van der Waals surface area contributed by atoms with Crippen molar-refractivity contribution in [3.05, 3.63) is 0 Å². The van der Waals surface area contributed by atoms with Crippen LogP contribution in [0.25, 0.3) is 0 Å². The topological polar surface area (TPSA) is 15.3 Å². The van der Waals surface area contributed by atoms with Crippen LogP contribution in [-0.2, 0) is 0 Å². The fourth-order valence-electron chi connectivity index (χ4n) is 2.06. The van der Waals surface area contributed by atoms with Gasteiger partial charge in [-0.1, -0.05) is 20.8 Å². The molecular formula is C13H29ClN2. The van der Waals surface area contributed by atoms with Gasteiger partial charge in [-0.2, -0.15) is 0 Å². The van der Waals surface area contributed by atoms with E-state index in [1.54, 1.807) is 0 Å². The standard InChI is InChI=1S/C13H28N2.ClH/c1-13(2,3)12-14-8-4-5-9-15-10-6-7-11-15;/h14H,4-12H2,1-3H3;1H. The number of hydrogen-bond acceptors (Lipinski definition) is 2. The molecule has 1 N–H and O–H groups in total. The smallest absolute Gasteiger partial charge is 0.0000125 e. The minimum Gasteiger partial charge on any atom is -0.316 e. The van der Waals surface area contributed by atoms with Crippen molar-refractivity contribution in [3.8, 4) is 0 Å². The summed E-state index contributed by atoms with van der Waals surface area (Å²) in [6.07, 6.45) is 5.52. The van der Waals surface area contributed by atoms with Gasteiger partial charge in [-0.15, -0.1) is 12.4 Å². The summed E-state index contributed by atoms with van der Waals surface area (Å²) in [6, 6.07) is 0. The van der Waals surface area contributed by atoms with Crippen LogP contribution < -0.4 is 5.32 Å². The Hall–Kier alpha value is 0.210. The summed E-state index contributed by atoms with van der Waals surface area (Å²) in [6.45, 7) is 13.2. The van der Waals surface area contributed by atoms with Crippen LogP contribution >= 0.6 is 12.4 Å². The van der Waals surface area contributed by atoms with Crippen molar-refractivity contribution >= 4 is 12.4 Å². The van der Waals surface area contributed by atoms with Crippen molar-refractivity contribution in [1.29, 1.82) is 0 Å². The van der Waals surface area contributed by atoms with Gasteiger partial charge < -0.3 is 10.2 Å². The van der Waals surface area contributed by atoms with Crippen LogP contribution in [0.15, 0.2) is 0 Å². The average molecular weight is 249 g/mol. The molecular weight excluding hydrogens is 220 g/mol. The Kier molecular flexibility index (Phi) is 8.43. The summed E-state index contributed by atoms with van der Waals surface area (Å²) >= 11 is 0. The lowest BCUT2D eigenvalue weighted by Crippen LogP contribution is -2.28. The molecule has 0 radical (unpaired) electrons. The van der Waals surface area contributed by atoms with Crippen LogP contribution in [0.4, 0.5) is 0 Å². The third-order valence-corrected chi connectivity index (χ3v) is 2.93. The van der Waals surface area contributed by atoms with E-state index in [2.05, 4.69) is 31.0 Å². The molecule has 0 aromatic heterocycles. The number of nitrogens with zero attached hydrogens (tertiary/aromatic N) is 1. The van der Waals surface area contributed by atoms with E-state index in [4.69, 9.17) is 0 Å². The zero-order chi connectivity index (χ0) is 11.1. The molecule has 1 saturated heterocycles. The van der Waals surface area contributed by atoms with Gasteiger partial charge in [-0.3, -0.25) is 0 Å². The van der Waals surface area contributed by atoms with Crippen LogP contribution in [-0.4, -0.2) is 37.6 Å². The van der Waals surface area contributed by atoms with Crippen molar-refractivity contribution < 1.29 is 0 Å². The van der Waals surface area contributed by atoms with Crippen LogP contribution in [0.2, 0.25) is 0 Å². The highest BCUT2D eigenvalue weighted by atomic mass is 35.5. The molecule has 16 heavy (non-hydrogen) atoms. The molecule has 0 saturated carbocycles. The summed E-state index contributed by atoms with van der Waals surface area (Å²) < 4.78 is 0. The molecule has 0 amide bonds. The van der Waals surface area contributed by atoms with Gasteiger partial charge >= 0.3 is 0 Å². The normalized spacial score (nSPS) is 17.4. The van der Waals surface area contributed by atoms with Crippen molar-refractivity contribution in [1.82, 2.24) is 10.2 Å². The monoisotopic (exact) mass is 248 g/mol. The van der Waals surface area contributed by atoms with E-state index in [0.29, 0.717) is 5.41 Å². The molecule has 3 heteroatoms. The first kappa shape index (κ1) is 16.2. The minimum absolute atomic E-state index is 0. The highest BCUT2D eigenvalue weighted by molar-refractivity contribution is 5.85. The lowest BCUT2D eigenvalue weighted by atomic mass is 9.97. The van der Waals surface area contributed by atoms with Gasteiger partial charge in [0.25, 0.3) is 0 Å². The predicted octanol–water partition coefficient (Wildman–Crippen LogP) is 2.92. The molecule has 0 spiro atoms. The Morgan fingerprint density at radius 1 is 1.06 bits per heavy atom.